The second-order valence-corrected chi connectivity index (χ2v) is 8.00. The Morgan fingerprint density at radius 1 is 1.21 bits per heavy atom. The number of ether oxygens (including phenoxy) is 1. The van der Waals surface area contributed by atoms with Crippen molar-refractivity contribution in [3.8, 4) is 11.8 Å². The van der Waals surface area contributed by atoms with Crippen molar-refractivity contribution in [2.45, 2.75) is 10.8 Å². The van der Waals surface area contributed by atoms with E-state index in [2.05, 4.69) is 21.6 Å². The van der Waals surface area contributed by atoms with Gasteiger partial charge in [-0.25, -0.2) is 0 Å². The number of aromatic nitrogens is 2. The second-order valence-electron chi connectivity index (χ2n) is 5.80. The molecular weight excluding hydrogens is 406 g/mol. The van der Waals surface area contributed by atoms with Crippen molar-refractivity contribution < 1.29 is 9.53 Å². The smallest absolute Gasteiger partial charge is 0.237 e. The van der Waals surface area contributed by atoms with Gasteiger partial charge in [0.05, 0.1) is 25.4 Å². The van der Waals surface area contributed by atoms with Crippen molar-refractivity contribution in [2.75, 3.05) is 29.6 Å². The van der Waals surface area contributed by atoms with Crippen molar-refractivity contribution in [3.63, 3.8) is 0 Å². The Kier molecular flexibility index (Phi) is 7.44. The van der Waals surface area contributed by atoms with Gasteiger partial charge in [0.15, 0.2) is 4.34 Å². The van der Waals surface area contributed by atoms with Crippen LogP contribution in [0, 0.1) is 11.3 Å². The Morgan fingerprint density at radius 2 is 1.97 bits per heavy atom. The number of methoxy groups -OCH3 is 1. The van der Waals surface area contributed by atoms with E-state index in [1.807, 2.05) is 54.6 Å². The summed E-state index contributed by atoms with van der Waals surface area (Å²) >= 11 is 2.71. The molecule has 0 unspecified atom stereocenters. The topological polar surface area (TPSA) is 91.1 Å². The molecule has 1 heterocycles. The quantitative estimate of drug-likeness (QED) is 0.510. The van der Waals surface area contributed by atoms with Gasteiger partial charge in [0.1, 0.15) is 5.75 Å². The Labute approximate surface area is 177 Å². The van der Waals surface area contributed by atoms with Crippen LogP contribution >= 0.6 is 23.1 Å². The summed E-state index contributed by atoms with van der Waals surface area (Å²) in [6.07, 6.45) is 0.278. The van der Waals surface area contributed by atoms with Crippen molar-refractivity contribution in [1.29, 1.82) is 5.26 Å². The number of nitriles is 1. The van der Waals surface area contributed by atoms with Gasteiger partial charge in [0, 0.05) is 17.9 Å². The summed E-state index contributed by atoms with van der Waals surface area (Å²) in [5.74, 6) is 0.926. The normalized spacial score (nSPS) is 10.2. The molecule has 148 valence electrons. The zero-order chi connectivity index (χ0) is 20.5. The van der Waals surface area contributed by atoms with Crippen molar-refractivity contribution >= 4 is 45.5 Å². The molecule has 1 aromatic heterocycles. The molecule has 0 saturated heterocycles. The molecule has 0 aliphatic rings. The number of carbonyl (C=O) groups is 1. The summed E-state index contributed by atoms with van der Waals surface area (Å²) in [7, 11) is 1.62. The molecule has 29 heavy (non-hydrogen) atoms. The average molecular weight is 426 g/mol. The van der Waals surface area contributed by atoms with Crippen LogP contribution in [-0.2, 0) is 4.79 Å². The highest BCUT2D eigenvalue weighted by atomic mass is 32.2. The Bertz CT molecular complexity index is 971. The molecular formula is C20H19N5O2S2. The third-order valence-electron chi connectivity index (χ3n) is 3.88. The van der Waals surface area contributed by atoms with E-state index in [1.54, 1.807) is 12.0 Å². The minimum absolute atomic E-state index is 0.0729. The van der Waals surface area contributed by atoms with E-state index in [0.717, 1.165) is 17.1 Å². The van der Waals surface area contributed by atoms with E-state index < -0.39 is 0 Å². The van der Waals surface area contributed by atoms with Gasteiger partial charge in [-0.15, -0.1) is 10.2 Å². The highest BCUT2D eigenvalue weighted by Crippen LogP contribution is 2.29. The predicted octanol–water partition coefficient (Wildman–Crippen LogP) is 4.33. The minimum Gasteiger partial charge on any atom is -0.497 e. The SMILES string of the molecule is COc1ccc(Nc2nnc(SCC(=O)N(CCC#N)c3ccccc3)s2)cc1. The third kappa shape index (κ3) is 5.94. The number of hydrogen-bond acceptors (Lipinski definition) is 8. The van der Waals surface area contributed by atoms with Gasteiger partial charge >= 0.3 is 0 Å². The largest absolute Gasteiger partial charge is 0.497 e. The average Bonchev–Trinajstić information content (AvgIpc) is 3.21. The molecule has 3 rings (SSSR count). The fourth-order valence-corrected chi connectivity index (χ4v) is 4.13. The number of anilines is 3. The van der Waals surface area contributed by atoms with Gasteiger partial charge in [0.2, 0.25) is 11.0 Å². The Morgan fingerprint density at radius 3 is 2.66 bits per heavy atom. The van der Waals surface area contributed by atoms with E-state index in [-0.39, 0.29) is 18.1 Å². The van der Waals surface area contributed by atoms with E-state index in [1.165, 1.54) is 23.1 Å². The molecule has 0 radical (unpaired) electrons. The summed E-state index contributed by atoms with van der Waals surface area (Å²) in [5.41, 5.74) is 1.66. The van der Waals surface area contributed by atoms with E-state index in [0.29, 0.717) is 16.0 Å². The maximum Gasteiger partial charge on any atom is 0.237 e. The number of amides is 1. The molecule has 0 saturated carbocycles. The fourth-order valence-electron chi connectivity index (χ4n) is 2.49. The maximum absolute atomic E-state index is 12.7. The number of thioether (sulfide) groups is 1. The highest BCUT2D eigenvalue weighted by molar-refractivity contribution is 8.01. The molecule has 7 nitrogen and oxygen atoms in total. The predicted molar refractivity (Wildman–Crippen MR) is 116 cm³/mol. The summed E-state index contributed by atoms with van der Waals surface area (Å²) in [4.78, 5) is 14.3. The van der Waals surface area contributed by atoms with Crippen molar-refractivity contribution in [2.24, 2.45) is 0 Å². The van der Waals surface area contributed by atoms with Crippen LogP contribution in [-0.4, -0.2) is 35.5 Å². The van der Waals surface area contributed by atoms with Crippen molar-refractivity contribution in [1.82, 2.24) is 10.2 Å². The lowest BCUT2D eigenvalue weighted by atomic mass is 10.2. The van der Waals surface area contributed by atoms with E-state index in [4.69, 9.17) is 10.00 Å². The number of nitrogens with zero attached hydrogens (tertiary/aromatic N) is 4. The first-order chi connectivity index (χ1) is 14.2. The monoisotopic (exact) mass is 425 g/mol. The van der Waals surface area contributed by atoms with Crippen LogP contribution in [0.25, 0.3) is 0 Å². The standard InChI is InChI=1S/C20H19N5O2S2/c1-27-17-10-8-15(9-11-17)22-19-23-24-20(29-19)28-14-18(26)25(13-5-12-21)16-6-3-2-4-7-16/h2-4,6-11H,5,13-14H2,1H3,(H,22,23). The molecule has 9 heteroatoms. The molecule has 0 spiro atoms. The fraction of sp³-hybridized carbons (Fsp3) is 0.200. The number of benzene rings is 2. The first-order valence-corrected chi connectivity index (χ1v) is 10.6. The van der Waals surface area contributed by atoms with Gasteiger partial charge in [-0.2, -0.15) is 5.26 Å². The Balaban J connectivity index is 1.58. The van der Waals surface area contributed by atoms with Crippen molar-refractivity contribution in [3.05, 3.63) is 54.6 Å². The van der Waals surface area contributed by atoms with Gasteiger partial charge < -0.3 is 15.0 Å². The lowest BCUT2D eigenvalue weighted by molar-refractivity contribution is -0.116. The Hall–Kier alpha value is -3.09. The highest BCUT2D eigenvalue weighted by Gasteiger charge is 2.17. The molecule has 1 amide bonds. The van der Waals surface area contributed by atoms with Crippen LogP contribution in [0.4, 0.5) is 16.5 Å². The zero-order valence-electron chi connectivity index (χ0n) is 15.7. The zero-order valence-corrected chi connectivity index (χ0v) is 17.4. The first kappa shape index (κ1) is 20.6. The van der Waals surface area contributed by atoms with Crippen LogP contribution < -0.4 is 15.0 Å². The van der Waals surface area contributed by atoms with Gasteiger partial charge in [-0.05, 0) is 36.4 Å². The summed E-state index contributed by atoms with van der Waals surface area (Å²) in [6.45, 7) is 0.361. The number of para-hydroxylation sites is 1. The van der Waals surface area contributed by atoms with Crippen LogP contribution in [0.5, 0.6) is 5.75 Å². The first-order valence-electron chi connectivity index (χ1n) is 8.79. The number of rotatable bonds is 9. The second kappa shape index (κ2) is 10.5. The summed E-state index contributed by atoms with van der Waals surface area (Å²) in [5, 5.41) is 21.0. The number of carbonyl (C=O) groups excluding carboxylic acids is 1. The van der Waals surface area contributed by atoms with Crippen LogP contribution in [0.3, 0.4) is 0 Å². The number of hydrogen-bond donors (Lipinski definition) is 1. The van der Waals surface area contributed by atoms with Gasteiger partial charge in [-0.1, -0.05) is 41.3 Å². The third-order valence-corrected chi connectivity index (χ3v) is 5.84. The molecule has 0 bridgehead atoms. The molecule has 1 N–H and O–H groups in total. The summed E-state index contributed by atoms with van der Waals surface area (Å²) in [6, 6.07) is 19.0. The molecule has 3 aromatic rings. The molecule has 0 atom stereocenters. The molecule has 0 aliphatic heterocycles. The minimum atomic E-state index is -0.0729. The van der Waals surface area contributed by atoms with E-state index in [9.17, 15) is 4.79 Å². The van der Waals surface area contributed by atoms with Crippen LogP contribution in [0.15, 0.2) is 58.9 Å². The molecule has 0 aliphatic carbocycles. The molecule has 0 fully saturated rings. The maximum atomic E-state index is 12.7. The lowest BCUT2D eigenvalue weighted by Crippen LogP contribution is -2.33. The van der Waals surface area contributed by atoms with Crippen LogP contribution in [0.1, 0.15) is 6.42 Å². The molecule has 2 aromatic carbocycles. The van der Waals surface area contributed by atoms with Crippen LogP contribution in [0.2, 0.25) is 0 Å². The lowest BCUT2D eigenvalue weighted by Gasteiger charge is -2.21. The number of nitrogens with one attached hydrogen (secondary N) is 1. The van der Waals surface area contributed by atoms with E-state index >= 15 is 0 Å². The summed E-state index contributed by atoms with van der Waals surface area (Å²) < 4.78 is 5.84. The van der Waals surface area contributed by atoms with Gasteiger partial charge in [0.25, 0.3) is 0 Å². The van der Waals surface area contributed by atoms with Gasteiger partial charge in [-0.3, -0.25) is 4.79 Å².